The molecule has 0 bridgehead atoms. The molecule has 0 fully saturated rings. The summed E-state index contributed by atoms with van der Waals surface area (Å²) in [6, 6.07) is 7.93. The van der Waals surface area contributed by atoms with E-state index in [0.717, 1.165) is 35.8 Å². The first-order valence-electron chi connectivity index (χ1n) is 6.72. The lowest BCUT2D eigenvalue weighted by atomic mass is 9.93. The third-order valence-corrected chi connectivity index (χ3v) is 3.49. The minimum atomic E-state index is -0.0128. The van der Waals surface area contributed by atoms with Gasteiger partial charge in [-0.05, 0) is 30.2 Å². The molecule has 2 rings (SSSR count). The van der Waals surface area contributed by atoms with Crippen molar-refractivity contribution in [2.24, 2.45) is 0 Å². The molecule has 0 radical (unpaired) electrons. The van der Waals surface area contributed by atoms with Crippen LogP contribution in [0.1, 0.15) is 51.0 Å². The van der Waals surface area contributed by atoms with Crippen molar-refractivity contribution in [2.45, 2.75) is 45.4 Å². The van der Waals surface area contributed by atoms with Crippen molar-refractivity contribution in [1.29, 1.82) is 0 Å². The molecule has 18 heavy (non-hydrogen) atoms. The van der Waals surface area contributed by atoms with E-state index in [0.29, 0.717) is 12.2 Å². The SMILES string of the molecule is CCCCCC(=O)[C@@H](C)c1ccc2occc2c1. The molecule has 0 aliphatic carbocycles. The van der Waals surface area contributed by atoms with E-state index in [4.69, 9.17) is 4.42 Å². The smallest absolute Gasteiger partial charge is 0.140 e. The normalized spacial score (nSPS) is 12.8. The first-order chi connectivity index (χ1) is 8.72. The summed E-state index contributed by atoms with van der Waals surface area (Å²) in [6.45, 7) is 4.15. The van der Waals surface area contributed by atoms with Crippen molar-refractivity contribution >= 4 is 16.8 Å². The molecule has 1 aromatic carbocycles. The molecule has 0 spiro atoms. The van der Waals surface area contributed by atoms with E-state index >= 15 is 0 Å². The number of rotatable bonds is 6. The molecule has 1 aromatic heterocycles. The molecular weight excluding hydrogens is 224 g/mol. The Bertz CT molecular complexity index is 525. The molecule has 1 heterocycles. The van der Waals surface area contributed by atoms with E-state index in [1.807, 2.05) is 25.1 Å². The van der Waals surface area contributed by atoms with Gasteiger partial charge in [0.05, 0.1) is 6.26 Å². The standard InChI is InChI=1S/C16H20O2/c1-3-4-5-6-15(17)12(2)13-7-8-16-14(11-13)9-10-18-16/h7-12H,3-6H2,1-2H3/t12-/m0/s1. The maximum absolute atomic E-state index is 12.1. The third-order valence-electron chi connectivity index (χ3n) is 3.49. The number of hydrogen-bond acceptors (Lipinski definition) is 2. The minimum absolute atomic E-state index is 0.0128. The van der Waals surface area contributed by atoms with Gasteiger partial charge in [-0.1, -0.05) is 32.8 Å². The average Bonchev–Trinajstić information content (AvgIpc) is 2.85. The van der Waals surface area contributed by atoms with Crippen molar-refractivity contribution in [3.8, 4) is 0 Å². The van der Waals surface area contributed by atoms with Crippen molar-refractivity contribution in [3.05, 3.63) is 36.1 Å². The zero-order valence-corrected chi connectivity index (χ0v) is 11.1. The van der Waals surface area contributed by atoms with Crippen LogP contribution in [-0.2, 0) is 4.79 Å². The predicted octanol–water partition coefficient (Wildman–Crippen LogP) is 4.69. The Labute approximate surface area is 108 Å². The van der Waals surface area contributed by atoms with Crippen molar-refractivity contribution in [1.82, 2.24) is 0 Å². The minimum Gasteiger partial charge on any atom is -0.464 e. The summed E-state index contributed by atoms with van der Waals surface area (Å²) >= 11 is 0. The average molecular weight is 244 g/mol. The molecule has 2 aromatic rings. The highest BCUT2D eigenvalue weighted by Crippen LogP contribution is 2.24. The van der Waals surface area contributed by atoms with Gasteiger partial charge >= 0.3 is 0 Å². The van der Waals surface area contributed by atoms with Crippen LogP contribution in [0, 0.1) is 0 Å². The van der Waals surface area contributed by atoms with Crippen LogP contribution in [0.5, 0.6) is 0 Å². The van der Waals surface area contributed by atoms with Crippen LogP contribution in [-0.4, -0.2) is 5.78 Å². The second-order valence-electron chi connectivity index (χ2n) is 4.86. The summed E-state index contributed by atoms with van der Waals surface area (Å²) in [5, 5.41) is 1.07. The zero-order valence-electron chi connectivity index (χ0n) is 11.1. The van der Waals surface area contributed by atoms with E-state index in [9.17, 15) is 4.79 Å². The molecule has 2 nitrogen and oxygen atoms in total. The number of furan rings is 1. The van der Waals surface area contributed by atoms with Crippen molar-refractivity contribution < 1.29 is 9.21 Å². The number of fused-ring (bicyclic) bond motifs is 1. The number of benzene rings is 1. The van der Waals surface area contributed by atoms with Crippen LogP contribution in [0.25, 0.3) is 11.0 Å². The molecule has 2 heteroatoms. The number of ketones is 1. The molecule has 0 aliphatic rings. The topological polar surface area (TPSA) is 30.2 Å². The summed E-state index contributed by atoms with van der Waals surface area (Å²) in [5.41, 5.74) is 1.97. The summed E-state index contributed by atoms with van der Waals surface area (Å²) < 4.78 is 5.31. The van der Waals surface area contributed by atoms with Crippen LogP contribution >= 0.6 is 0 Å². The number of hydrogen-bond donors (Lipinski definition) is 0. The lowest BCUT2D eigenvalue weighted by Gasteiger charge is -2.10. The molecule has 0 saturated heterocycles. The van der Waals surface area contributed by atoms with E-state index in [2.05, 4.69) is 13.0 Å². The van der Waals surface area contributed by atoms with Crippen molar-refractivity contribution in [3.63, 3.8) is 0 Å². The van der Waals surface area contributed by atoms with Gasteiger partial charge in [-0.15, -0.1) is 0 Å². The van der Waals surface area contributed by atoms with Gasteiger partial charge in [0.25, 0.3) is 0 Å². The fourth-order valence-electron chi connectivity index (χ4n) is 2.21. The monoisotopic (exact) mass is 244 g/mol. The maximum atomic E-state index is 12.1. The predicted molar refractivity (Wildman–Crippen MR) is 73.8 cm³/mol. The zero-order chi connectivity index (χ0) is 13.0. The Hall–Kier alpha value is -1.57. The van der Waals surface area contributed by atoms with Crippen LogP contribution < -0.4 is 0 Å². The van der Waals surface area contributed by atoms with E-state index < -0.39 is 0 Å². The highest BCUT2D eigenvalue weighted by atomic mass is 16.3. The first-order valence-corrected chi connectivity index (χ1v) is 6.72. The number of Topliss-reactive ketones (excluding diaryl/α,β-unsaturated/α-hetero) is 1. The molecule has 0 aliphatic heterocycles. The van der Waals surface area contributed by atoms with E-state index in [1.54, 1.807) is 6.26 Å². The highest BCUT2D eigenvalue weighted by molar-refractivity contribution is 5.87. The van der Waals surface area contributed by atoms with Gasteiger partial charge in [-0.2, -0.15) is 0 Å². The van der Waals surface area contributed by atoms with E-state index in [1.165, 1.54) is 0 Å². The summed E-state index contributed by atoms with van der Waals surface area (Å²) in [7, 11) is 0. The first kappa shape index (κ1) is 12.9. The largest absolute Gasteiger partial charge is 0.464 e. The van der Waals surface area contributed by atoms with Gasteiger partial charge in [-0.25, -0.2) is 0 Å². The second kappa shape index (κ2) is 5.85. The van der Waals surface area contributed by atoms with Crippen LogP contribution in [0.3, 0.4) is 0 Å². The molecule has 96 valence electrons. The maximum Gasteiger partial charge on any atom is 0.140 e. The summed E-state index contributed by atoms with van der Waals surface area (Å²) in [4.78, 5) is 12.1. The Morgan fingerprint density at radius 1 is 1.28 bits per heavy atom. The van der Waals surface area contributed by atoms with Gasteiger partial charge < -0.3 is 4.42 Å². The number of unbranched alkanes of at least 4 members (excludes halogenated alkanes) is 2. The molecular formula is C16H20O2. The Kier molecular flexibility index (Phi) is 4.19. The number of carbonyl (C=O) groups is 1. The Morgan fingerprint density at radius 2 is 2.11 bits per heavy atom. The molecule has 0 N–H and O–H groups in total. The fraction of sp³-hybridized carbons (Fsp3) is 0.438. The fourth-order valence-corrected chi connectivity index (χ4v) is 2.21. The second-order valence-corrected chi connectivity index (χ2v) is 4.86. The highest BCUT2D eigenvalue weighted by Gasteiger charge is 2.15. The molecule has 1 atom stereocenters. The van der Waals surface area contributed by atoms with E-state index in [-0.39, 0.29) is 5.92 Å². The van der Waals surface area contributed by atoms with Crippen LogP contribution in [0.4, 0.5) is 0 Å². The Balaban J connectivity index is 2.07. The summed E-state index contributed by atoms with van der Waals surface area (Å²) in [5.74, 6) is 0.326. The lowest BCUT2D eigenvalue weighted by molar-refractivity contribution is -0.120. The van der Waals surface area contributed by atoms with Gasteiger partial charge in [0.15, 0.2) is 0 Å². The van der Waals surface area contributed by atoms with Gasteiger partial charge in [0, 0.05) is 17.7 Å². The Morgan fingerprint density at radius 3 is 2.89 bits per heavy atom. The van der Waals surface area contributed by atoms with Gasteiger partial charge in [0.1, 0.15) is 11.4 Å². The lowest BCUT2D eigenvalue weighted by Crippen LogP contribution is -2.08. The van der Waals surface area contributed by atoms with Crippen LogP contribution in [0.15, 0.2) is 34.9 Å². The third kappa shape index (κ3) is 2.81. The summed E-state index contributed by atoms with van der Waals surface area (Å²) in [6.07, 6.45) is 5.68. The van der Waals surface area contributed by atoms with Crippen LogP contribution in [0.2, 0.25) is 0 Å². The molecule has 0 amide bonds. The van der Waals surface area contributed by atoms with Gasteiger partial charge in [-0.3, -0.25) is 4.79 Å². The van der Waals surface area contributed by atoms with Crippen molar-refractivity contribution in [2.75, 3.05) is 0 Å². The quantitative estimate of drug-likeness (QED) is 0.690. The molecule has 0 unspecified atom stereocenters. The number of carbonyl (C=O) groups excluding carboxylic acids is 1. The van der Waals surface area contributed by atoms with Gasteiger partial charge in [0.2, 0.25) is 0 Å². The molecule has 0 saturated carbocycles.